The lowest BCUT2D eigenvalue weighted by Gasteiger charge is -2.40. The van der Waals surface area contributed by atoms with Crippen molar-refractivity contribution in [2.45, 2.75) is 24.8 Å². The van der Waals surface area contributed by atoms with Gasteiger partial charge in [-0.3, -0.25) is 4.79 Å². The fraction of sp³-hybridized carbons (Fsp3) is 0.467. The molecule has 3 heteroatoms. The van der Waals surface area contributed by atoms with Gasteiger partial charge in [0.2, 0.25) is 5.91 Å². The molecule has 1 N–H and O–H groups in total. The third kappa shape index (κ3) is 2.47. The second kappa shape index (κ2) is 5.38. The molecule has 2 rings (SSSR count). The minimum absolute atomic E-state index is 0.197. The molecule has 0 saturated carbocycles. The number of amides is 1. The lowest BCUT2D eigenvalue weighted by Crippen LogP contribution is -2.59. The van der Waals surface area contributed by atoms with Crippen LogP contribution in [0, 0.1) is 0 Å². The standard InChI is InChI=1S/C15H20N2O/c1-16-15(10-7-11-17(2)14(15)18)12-13-8-5-3-4-6-9-13/h3-5,8-9,16H,7,10-12H2,1-2H3. The Morgan fingerprint density at radius 3 is 3.11 bits per heavy atom. The number of nitrogens with one attached hydrogen (secondary N) is 1. The Kier molecular flexibility index (Phi) is 3.85. The van der Waals surface area contributed by atoms with E-state index >= 15 is 0 Å². The lowest BCUT2D eigenvalue weighted by molar-refractivity contribution is -0.140. The van der Waals surface area contributed by atoms with Crippen LogP contribution in [0.25, 0.3) is 0 Å². The highest BCUT2D eigenvalue weighted by Crippen LogP contribution is 2.28. The highest BCUT2D eigenvalue weighted by molar-refractivity contribution is 5.87. The summed E-state index contributed by atoms with van der Waals surface area (Å²) in [6.45, 7) is 0.858. The van der Waals surface area contributed by atoms with Crippen molar-refractivity contribution in [3.05, 3.63) is 41.7 Å². The van der Waals surface area contributed by atoms with Gasteiger partial charge in [0.05, 0.1) is 0 Å². The molecule has 0 aromatic rings. The molecule has 0 aromatic carbocycles. The van der Waals surface area contributed by atoms with E-state index in [1.165, 1.54) is 0 Å². The second-order valence-electron chi connectivity index (χ2n) is 4.94. The van der Waals surface area contributed by atoms with E-state index in [1.54, 1.807) is 0 Å². The van der Waals surface area contributed by atoms with Crippen LogP contribution in [0.15, 0.2) is 41.7 Å². The van der Waals surface area contributed by atoms with E-state index in [4.69, 9.17) is 0 Å². The molecule has 0 bridgehead atoms. The first-order chi connectivity index (χ1) is 8.68. The van der Waals surface area contributed by atoms with Gasteiger partial charge in [-0.05, 0) is 37.6 Å². The molecule has 1 heterocycles. The number of likely N-dealkylation sites (N-methyl/N-ethyl adjacent to an activating group) is 2. The van der Waals surface area contributed by atoms with Crippen molar-refractivity contribution in [1.82, 2.24) is 10.2 Å². The molecule has 1 amide bonds. The Bertz CT molecular complexity index is 455. The fourth-order valence-electron chi connectivity index (χ4n) is 2.63. The van der Waals surface area contributed by atoms with Crippen LogP contribution in [-0.4, -0.2) is 37.0 Å². The third-order valence-corrected chi connectivity index (χ3v) is 3.72. The van der Waals surface area contributed by atoms with Gasteiger partial charge < -0.3 is 10.2 Å². The number of likely N-dealkylation sites (tertiary alicyclic amines) is 1. The fourth-order valence-corrected chi connectivity index (χ4v) is 2.63. The van der Waals surface area contributed by atoms with Crippen LogP contribution >= 0.6 is 0 Å². The van der Waals surface area contributed by atoms with Crippen LogP contribution in [0.4, 0.5) is 0 Å². The maximum atomic E-state index is 12.4. The van der Waals surface area contributed by atoms with E-state index in [2.05, 4.69) is 17.1 Å². The second-order valence-corrected chi connectivity index (χ2v) is 4.94. The average molecular weight is 244 g/mol. The zero-order valence-electron chi connectivity index (χ0n) is 11.1. The molecule has 2 aliphatic rings. The lowest BCUT2D eigenvalue weighted by atomic mass is 9.82. The van der Waals surface area contributed by atoms with E-state index in [0.717, 1.165) is 31.4 Å². The van der Waals surface area contributed by atoms with Crippen LogP contribution in [0.3, 0.4) is 0 Å². The molecule has 1 atom stereocenters. The minimum atomic E-state index is -0.449. The van der Waals surface area contributed by atoms with Gasteiger partial charge in [0.25, 0.3) is 0 Å². The molecule has 1 aliphatic carbocycles. The topological polar surface area (TPSA) is 32.3 Å². The summed E-state index contributed by atoms with van der Waals surface area (Å²) in [7, 11) is 3.76. The molecule has 18 heavy (non-hydrogen) atoms. The summed E-state index contributed by atoms with van der Waals surface area (Å²) in [5, 5.41) is 3.25. The van der Waals surface area contributed by atoms with Crippen LogP contribution in [-0.2, 0) is 4.79 Å². The van der Waals surface area contributed by atoms with E-state index in [9.17, 15) is 4.79 Å². The summed E-state index contributed by atoms with van der Waals surface area (Å²) in [6, 6.07) is 0. The third-order valence-electron chi connectivity index (χ3n) is 3.72. The van der Waals surface area contributed by atoms with E-state index in [1.807, 2.05) is 43.3 Å². The van der Waals surface area contributed by atoms with Gasteiger partial charge in [-0.15, -0.1) is 5.73 Å². The predicted molar refractivity (Wildman–Crippen MR) is 73.2 cm³/mol. The van der Waals surface area contributed by atoms with Crippen LogP contribution in [0.2, 0.25) is 0 Å². The van der Waals surface area contributed by atoms with E-state index < -0.39 is 5.54 Å². The molecule has 0 radical (unpaired) electrons. The smallest absolute Gasteiger partial charge is 0.242 e. The Morgan fingerprint density at radius 1 is 1.50 bits per heavy atom. The largest absolute Gasteiger partial charge is 0.344 e. The van der Waals surface area contributed by atoms with Gasteiger partial charge in [-0.1, -0.05) is 18.2 Å². The number of carbonyl (C=O) groups is 1. The minimum Gasteiger partial charge on any atom is -0.344 e. The van der Waals surface area contributed by atoms with Gasteiger partial charge in [-0.25, -0.2) is 0 Å². The van der Waals surface area contributed by atoms with Crippen molar-refractivity contribution in [1.29, 1.82) is 0 Å². The summed E-state index contributed by atoms with van der Waals surface area (Å²) >= 11 is 0. The molecular formula is C15H20N2O. The van der Waals surface area contributed by atoms with E-state index in [0.29, 0.717) is 0 Å². The quantitative estimate of drug-likeness (QED) is 0.768. The highest BCUT2D eigenvalue weighted by atomic mass is 16.2. The Balaban J connectivity index is 2.23. The molecule has 3 nitrogen and oxygen atoms in total. The molecule has 0 spiro atoms. The molecule has 1 saturated heterocycles. The highest BCUT2D eigenvalue weighted by Gasteiger charge is 2.41. The first-order valence-electron chi connectivity index (χ1n) is 6.41. The Labute approximate surface area is 109 Å². The first kappa shape index (κ1) is 12.9. The van der Waals surface area contributed by atoms with Crippen LogP contribution in [0.5, 0.6) is 0 Å². The van der Waals surface area contributed by atoms with Gasteiger partial charge in [0, 0.05) is 20.0 Å². The maximum absolute atomic E-state index is 12.4. The first-order valence-corrected chi connectivity index (χ1v) is 6.41. The normalized spacial score (nSPS) is 27.3. The van der Waals surface area contributed by atoms with Crippen molar-refractivity contribution < 1.29 is 4.79 Å². The van der Waals surface area contributed by atoms with Crippen molar-refractivity contribution >= 4 is 5.91 Å². The van der Waals surface area contributed by atoms with Gasteiger partial charge >= 0.3 is 0 Å². The number of hydrogen-bond donors (Lipinski definition) is 1. The maximum Gasteiger partial charge on any atom is 0.242 e. The molecular weight excluding hydrogens is 224 g/mol. The van der Waals surface area contributed by atoms with Gasteiger partial charge in [0.15, 0.2) is 0 Å². The zero-order chi connectivity index (χ0) is 13.0. The van der Waals surface area contributed by atoms with Gasteiger partial charge in [0.1, 0.15) is 5.54 Å². The van der Waals surface area contributed by atoms with Gasteiger partial charge in [-0.2, -0.15) is 0 Å². The van der Waals surface area contributed by atoms with Crippen molar-refractivity contribution in [2.75, 3.05) is 20.6 Å². The number of allylic oxidation sites excluding steroid dienone is 4. The Hall–Kier alpha value is -1.57. The summed E-state index contributed by atoms with van der Waals surface area (Å²) < 4.78 is 0. The number of piperidine rings is 1. The molecule has 1 fully saturated rings. The summed E-state index contributed by atoms with van der Waals surface area (Å²) in [4.78, 5) is 14.2. The number of hydrogen-bond acceptors (Lipinski definition) is 2. The molecule has 96 valence electrons. The SMILES string of the molecule is CNC1(CC2=CC=CC=C=C2)CCCN(C)C1=O. The summed E-state index contributed by atoms with van der Waals surface area (Å²) in [5.74, 6) is 0.197. The monoisotopic (exact) mass is 244 g/mol. The number of nitrogens with zero attached hydrogens (tertiary/aromatic N) is 1. The Morgan fingerprint density at radius 2 is 2.33 bits per heavy atom. The van der Waals surface area contributed by atoms with Crippen molar-refractivity contribution in [3.63, 3.8) is 0 Å². The molecule has 1 unspecified atom stereocenters. The van der Waals surface area contributed by atoms with Crippen LogP contribution in [0.1, 0.15) is 19.3 Å². The number of rotatable bonds is 3. The zero-order valence-corrected chi connectivity index (χ0v) is 11.1. The summed E-state index contributed by atoms with van der Waals surface area (Å²) in [5.41, 5.74) is 3.78. The van der Waals surface area contributed by atoms with Crippen molar-refractivity contribution in [2.24, 2.45) is 0 Å². The van der Waals surface area contributed by atoms with E-state index in [-0.39, 0.29) is 5.91 Å². The molecule has 0 aromatic heterocycles. The molecule has 1 aliphatic heterocycles. The predicted octanol–water partition coefficient (Wildman–Crippen LogP) is 1.79. The summed E-state index contributed by atoms with van der Waals surface area (Å²) in [6.07, 6.45) is 12.5. The average Bonchev–Trinajstić information content (AvgIpc) is 2.64. The number of carbonyl (C=O) groups excluding carboxylic acids is 1. The van der Waals surface area contributed by atoms with Crippen LogP contribution < -0.4 is 5.32 Å². The van der Waals surface area contributed by atoms with Crippen molar-refractivity contribution in [3.8, 4) is 0 Å².